The topological polar surface area (TPSA) is 87.7 Å². The lowest BCUT2D eigenvalue weighted by Crippen LogP contribution is -2.43. The van der Waals surface area contributed by atoms with Gasteiger partial charge in [-0.3, -0.25) is 30.1 Å². The molecule has 10 heteroatoms. The molecule has 1 aliphatic rings. The summed E-state index contributed by atoms with van der Waals surface area (Å²) in [7, 11) is 1.46. The molecule has 1 aliphatic heterocycles. The molecule has 150 valence electrons. The summed E-state index contributed by atoms with van der Waals surface area (Å²) in [6.07, 6.45) is 1.78. The number of nitrogens with one attached hydrogen (secondary N) is 2. The zero-order chi connectivity index (χ0) is 20.8. The molecule has 0 aliphatic carbocycles. The van der Waals surface area contributed by atoms with Gasteiger partial charge < -0.3 is 4.74 Å². The lowest BCUT2D eigenvalue weighted by atomic mass is 10.2. The van der Waals surface area contributed by atoms with Gasteiger partial charge in [0, 0.05) is 17.8 Å². The number of amides is 3. The number of methoxy groups -OCH3 is 1. The number of thiocarbonyl (C=S) groups is 1. The summed E-state index contributed by atoms with van der Waals surface area (Å²) >= 11 is 7.99. The van der Waals surface area contributed by atoms with Gasteiger partial charge in [0.2, 0.25) is 5.91 Å². The summed E-state index contributed by atoms with van der Waals surface area (Å²) in [6.45, 7) is 0.128. The fourth-order valence-corrected chi connectivity index (χ4v) is 4.53. The maximum Gasteiger partial charge on any atom is 0.273 e. The number of carbonyl (C=O) groups excluding carboxylic acids is 3. The van der Waals surface area contributed by atoms with Gasteiger partial charge in [0.25, 0.3) is 11.8 Å². The summed E-state index contributed by atoms with van der Waals surface area (Å²) in [5.41, 5.74) is 4.98. The first-order chi connectivity index (χ1) is 14.0. The maximum absolute atomic E-state index is 12.5. The number of hydrazine groups is 1. The molecule has 0 bridgehead atoms. The van der Waals surface area contributed by atoms with E-state index in [1.165, 1.54) is 35.1 Å². The highest BCUT2D eigenvalue weighted by molar-refractivity contribution is 8.26. The van der Waals surface area contributed by atoms with Crippen LogP contribution in [0.15, 0.2) is 46.7 Å². The highest BCUT2D eigenvalue weighted by atomic mass is 32.2. The highest BCUT2D eigenvalue weighted by Gasteiger charge is 2.32. The molecule has 2 N–H and O–H groups in total. The largest absolute Gasteiger partial charge is 0.496 e. The number of rotatable bonds is 6. The first-order valence-corrected chi connectivity index (χ1v) is 10.6. The van der Waals surface area contributed by atoms with Crippen LogP contribution >= 0.6 is 35.3 Å². The Balaban J connectivity index is 1.51. The van der Waals surface area contributed by atoms with Crippen LogP contribution in [0.2, 0.25) is 0 Å². The SMILES string of the molecule is COc1ccccc1C(=O)NNC(=O)CCN1C(=O)/C(=C\c2cccs2)SC1=S. The second kappa shape index (κ2) is 9.68. The minimum Gasteiger partial charge on any atom is -0.496 e. The van der Waals surface area contributed by atoms with Gasteiger partial charge in [-0.05, 0) is 29.7 Å². The van der Waals surface area contributed by atoms with Crippen LogP contribution in [-0.2, 0) is 9.59 Å². The van der Waals surface area contributed by atoms with E-state index in [0.717, 1.165) is 4.88 Å². The van der Waals surface area contributed by atoms with Crippen molar-refractivity contribution < 1.29 is 19.1 Å². The molecule has 7 nitrogen and oxygen atoms in total. The summed E-state index contributed by atoms with van der Waals surface area (Å²) < 4.78 is 5.53. The molecular formula is C19H17N3O4S3. The molecule has 0 atom stereocenters. The third-order valence-electron chi connectivity index (χ3n) is 3.92. The van der Waals surface area contributed by atoms with Gasteiger partial charge in [-0.2, -0.15) is 0 Å². The molecule has 0 spiro atoms. The van der Waals surface area contributed by atoms with E-state index in [4.69, 9.17) is 17.0 Å². The molecule has 1 aromatic heterocycles. The van der Waals surface area contributed by atoms with Crippen LogP contribution in [0.3, 0.4) is 0 Å². The average molecular weight is 448 g/mol. The van der Waals surface area contributed by atoms with Crippen molar-refractivity contribution in [3.05, 3.63) is 57.1 Å². The first-order valence-electron chi connectivity index (χ1n) is 8.50. The normalized spacial score (nSPS) is 14.9. The zero-order valence-corrected chi connectivity index (χ0v) is 17.8. The molecule has 2 heterocycles. The third-order valence-corrected chi connectivity index (χ3v) is 6.12. The third kappa shape index (κ3) is 5.22. The van der Waals surface area contributed by atoms with Crippen molar-refractivity contribution in [2.75, 3.05) is 13.7 Å². The number of carbonyl (C=O) groups is 3. The van der Waals surface area contributed by atoms with E-state index in [0.29, 0.717) is 20.5 Å². The van der Waals surface area contributed by atoms with Crippen molar-refractivity contribution in [1.29, 1.82) is 0 Å². The standard InChI is InChI=1S/C19H17N3O4S3/c1-26-14-7-3-2-6-13(14)17(24)21-20-16(23)8-9-22-18(25)15(29-19(22)27)11-12-5-4-10-28-12/h2-7,10-11H,8-9H2,1H3,(H,20,23)(H,21,24)/b15-11+. The van der Waals surface area contributed by atoms with Crippen molar-refractivity contribution in [3.63, 3.8) is 0 Å². The van der Waals surface area contributed by atoms with Gasteiger partial charge in [0.15, 0.2) is 0 Å². The Bertz CT molecular complexity index is 973. The number of para-hydroxylation sites is 1. The van der Waals surface area contributed by atoms with Gasteiger partial charge in [-0.15, -0.1) is 11.3 Å². The van der Waals surface area contributed by atoms with Crippen molar-refractivity contribution in [2.45, 2.75) is 6.42 Å². The van der Waals surface area contributed by atoms with Crippen LogP contribution in [0.5, 0.6) is 5.75 Å². The van der Waals surface area contributed by atoms with Crippen LogP contribution in [0.25, 0.3) is 6.08 Å². The number of ether oxygens (including phenoxy) is 1. The first kappa shape index (κ1) is 21.0. The Hall–Kier alpha value is -2.69. The zero-order valence-electron chi connectivity index (χ0n) is 15.3. The number of thioether (sulfide) groups is 1. The molecule has 1 saturated heterocycles. The smallest absolute Gasteiger partial charge is 0.273 e. The second-order valence-corrected chi connectivity index (χ2v) is 8.46. The average Bonchev–Trinajstić information content (AvgIpc) is 3.33. The van der Waals surface area contributed by atoms with E-state index < -0.39 is 11.8 Å². The summed E-state index contributed by atoms with van der Waals surface area (Å²) in [4.78, 5) is 39.7. The number of thiophene rings is 1. The Morgan fingerprint density at radius 3 is 2.72 bits per heavy atom. The van der Waals surface area contributed by atoms with Crippen molar-refractivity contribution in [2.24, 2.45) is 0 Å². The van der Waals surface area contributed by atoms with Crippen LogP contribution in [0.4, 0.5) is 0 Å². The number of nitrogens with zero attached hydrogens (tertiary/aromatic N) is 1. The van der Waals surface area contributed by atoms with E-state index in [2.05, 4.69) is 10.9 Å². The van der Waals surface area contributed by atoms with Crippen LogP contribution in [0.1, 0.15) is 21.7 Å². The Morgan fingerprint density at radius 2 is 2.00 bits per heavy atom. The predicted molar refractivity (Wildman–Crippen MR) is 117 cm³/mol. The molecule has 3 amide bonds. The molecule has 1 fully saturated rings. The van der Waals surface area contributed by atoms with Crippen molar-refractivity contribution >= 4 is 63.4 Å². The summed E-state index contributed by atoms with van der Waals surface area (Å²) in [6, 6.07) is 10.5. The van der Waals surface area contributed by atoms with Crippen molar-refractivity contribution in [1.82, 2.24) is 15.8 Å². The molecule has 3 rings (SSSR count). The molecule has 2 aromatic rings. The fraction of sp³-hybridized carbons (Fsp3) is 0.158. The van der Waals surface area contributed by atoms with E-state index in [-0.39, 0.29) is 18.9 Å². The summed E-state index contributed by atoms with van der Waals surface area (Å²) in [5, 5.41) is 1.93. The van der Waals surface area contributed by atoms with E-state index in [1.54, 1.807) is 30.3 Å². The maximum atomic E-state index is 12.5. The molecule has 0 unspecified atom stereocenters. The minimum absolute atomic E-state index is 0.00900. The highest BCUT2D eigenvalue weighted by Crippen LogP contribution is 2.33. The lowest BCUT2D eigenvalue weighted by molar-refractivity contribution is -0.124. The van der Waals surface area contributed by atoms with Crippen molar-refractivity contribution in [3.8, 4) is 5.75 Å². The van der Waals surface area contributed by atoms with Gasteiger partial charge in [-0.1, -0.05) is 42.2 Å². The quantitative estimate of drug-likeness (QED) is 0.402. The number of hydrogen-bond acceptors (Lipinski definition) is 7. The Kier molecular flexibility index (Phi) is 7.02. The molecule has 0 radical (unpaired) electrons. The second-order valence-electron chi connectivity index (χ2n) is 5.80. The summed E-state index contributed by atoms with van der Waals surface area (Å²) in [5.74, 6) is -0.765. The Morgan fingerprint density at radius 1 is 1.21 bits per heavy atom. The van der Waals surface area contributed by atoms with E-state index in [9.17, 15) is 14.4 Å². The Labute approximate surface area is 181 Å². The minimum atomic E-state index is -0.500. The van der Waals surface area contributed by atoms with Crippen LogP contribution < -0.4 is 15.6 Å². The number of hydrogen-bond donors (Lipinski definition) is 2. The molecule has 0 saturated carbocycles. The molecule has 29 heavy (non-hydrogen) atoms. The molecular weight excluding hydrogens is 430 g/mol. The predicted octanol–water partition coefficient (Wildman–Crippen LogP) is 2.81. The van der Waals surface area contributed by atoms with Crippen LogP contribution in [0, 0.1) is 0 Å². The van der Waals surface area contributed by atoms with Gasteiger partial charge >= 0.3 is 0 Å². The fourth-order valence-electron chi connectivity index (χ4n) is 2.50. The van der Waals surface area contributed by atoms with Gasteiger partial charge in [-0.25, -0.2) is 0 Å². The van der Waals surface area contributed by atoms with Crippen LogP contribution in [-0.4, -0.2) is 40.6 Å². The molecule has 1 aromatic carbocycles. The monoisotopic (exact) mass is 447 g/mol. The lowest BCUT2D eigenvalue weighted by Gasteiger charge is -2.14. The van der Waals surface area contributed by atoms with Gasteiger partial charge in [0.1, 0.15) is 10.1 Å². The number of benzene rings is 1. The van der Waals surface area contributed by atoms with E-state index >= 15 is 0 Å². The van der Waals surface area contributed by atoms with Gasteiger partial charge in [0.05, 0.1) is 17.6 Å². The van der Waals surface area contributed by atoms with E-state index in [1.807, 2.05) is 17.5 Å².